The molecule has 330 valence electrons. The lowest BCUT2D eigenvalue weighted by atomic mass is 9.99. The number of rotatable bonds is 14. The number of aliphatic hydroxyl groups is 1. The zero-order valence-electron chi connectivity index (χ0n) is 37.3. The summed E-state index contributed by atoms with van der Waals surface area (Å²) in [5.74, 6) is 6.72. The smallest absolute Gasteiger partial charge is 0.349 e. The van der Waals surface area contributed by atoms with Gasteiger partial charge in [-0.3, -0.25) is 13.9 Å². The molecule has 2 heterocycles. The molecule has 0 aliphatic carbocycles. The first kappa shape index (κ1) is 46.0. The third-order valence-electron chi connectivity index (χ3n) is 11.2. The van der Waals surface area contributed by atoms with Crippen LogP contribution in [0.2, 0.25) is 0 Å². The quantitative estimate of drug-likeness (QED) is 0.0846. The average Bonchev–Trinajstić information content (AvgIpc) is 3.34. The van der Waals surface area contributed by atoms with Crippen molar-refractivity contribution in [1.29, 1.82) is 0 Å². The molecule has 1 N–H and O–H groups in total. The molecule has 0 aliphatic rings. The van der Waals surface area contributed by atoms with E-state index < -0.39 is 17.5 Å². The van der Waals surface area contributed by atoms with Gasteiger partial charge in [-0.1, -0.05) is 149 Å². The van der Waals surface area contributed by atoms with E-state index in [0.717, 1.165) is 22.1 Å². The molecular weight excluding hydrogens is 825 g/mol. The van der Waals surface area contributed by atoms with Crippen LogP contribution in [-0.2, 0) is 13.1 Å². The molecule has 1 atom stereocenters. The van der Waals surface area contributed by atoms with E-state index in [2.05, 4.69) is 61.6 Å². The Labute approximate surface area is 384 Å². The Kier molecular flexibility index (Phi) is 14.7. The molecule has 0 fully saturated rings. The number of carbonyl (C=O) groups is 1. The number of fused-ring (bicyclic) bond motifs is 2. The maximum Gasteiger partial charge on any atom is 0.349 e. The van der Waals surface area contributed by atoms with Gasteiger partial charge in [-0.25, -0.2) is 9.59 Å². The van der Waals surface area contributed by atoms with Gasteiger partial charge in [0.25, 0.3) is 0 Å². The SMILES string of the molecule is C#CCOc1ccc2c(c1)c(-c1ccc(C(C)C)cc1)nc(=O)n2CC(=O)c1ccccc1.C#CCOc1ccc2c(c1)c(-c1ccc(C(C)C)cc1)nc(=O)n2CC(O)c1ccccc1. The lowest BCUT2D eigenvalue weighted by Gasteiger charge is -2.17. The normalized spacial score (nSPS) is 11.4. The van der Waals surface area contributed by atoms with E-state index in [-0.39, 0.29) is 32.1 Å². The number of benzene rings is 6. The number of Topliss-reactive ketones (excluding diaryl/α,β-unsaturated/α-hetero) is 1. The maximum absolute atomic E-state index is 13.1. The molecule has 0 radical (unpaired) electrons. The summed E-state index contributed by atoms with van der Waals surface area (Å²) in [7, 11) is 0. The van der Waals surface area contributed by atoms with Crippen LogP contribution < -0.4 is 20.9 Å². The molecule has 8 rings (SSSR count). The van der Waals surface area contributed by atoms with Gasteiger partial charge in [0.1, 0.15) is 24.7 Å². The number of ether oxygens (including phenoxy) is 2. The molecule has 0 saturated carbocycles. The highest BCUT2D eigenvalue weighted by atomic mass is 16.5. The number of carbonyl (C=O) groups excluding carboxylic acids is 1. The summed E-state index contributed by atoms with van der Waals surface area (Å²) >= 11 is 0. The van der Waals surface area contributed by atoms with Gasteiger partial charge in [-0.05, 0) is 64.9 Å². The van der Waals surface area contributed by atoms with Gasteiger partial charge in [0.15, 0.2) is 5.78 Å². The number of hydrogen-bond donors (Lipinski definition) is 1. The second-order valence-electron chi connectivity index (χ2n) is 16.3. The van der Waals surface area contributed by atoms with E-state index in [1.807, 2.05) is 91.0 Å². The van der Waals surface area contributed by atoms with E-state index in [9.17, 15) is 19.5 Å². The topological polar surface area (TPSA) is 126 Å². The maximum atomic E-state index is 13.1. The Morgan fingerprint density at radius 1 is 0.591 bits per heavy atom. The Morgan fingerprint density at radius 3 is 1.48 bits per heavy atom. The van der Waals surface area contributed by atoms with Crippen LogP contribution in [0.15, 0.2) is 155 Å². The van der Waals surface area contributed by atoms with E-state index in [4.69, 9.17) is 22.3 Å². The highest BCUT2D eigenvalue weighted by Crippen LogP contribution is 2.32. The molecule has 10 nitrogen and oxygen atoms in total. The number of aliphatic hydroxyl groups excluding tert-OH is 1. The Hall–Kier alpha value is -8.05. The molecule has 8 aromatic rings. The van der Waals surface area contributed by atoms with Gasteiger partial charge in [0.2, 0.25) is 0 Å². The molecule has 66 heavy (non-hydrogen) atoms. The van der Waals surface area contributed by atoms with E-state index in [0.29, 0.717) is 56.7 Å². The highest BCUT2D eigenvalue weighted by molar-refractivity contribution is 5.98. The van der Waals surface area contributed by atoms with Crippen molar-refractivity contribution >= 4 is 27.6 Å². The number of terminal acetylenes is 2. The minimum Gasteiger partial charge on any atom is -0.481 e. The second-order valence-corrected chi connectivity index (χ2v) is 16.3. The van der Waals surface area contributed by atoms with Crippen LogP contribution in [0, 0.1) is 24.7 Å². The molecular formula is C56H50N4O6. The summed E-state index contributed by atoms with van der Waals surface area (Å²) in [4.78, 5) is 47.8. The molecule has 0 aliphatic heterocycles. The van der Waals surface area contributed by atoms with Gasteiger partial charge in [-0.2, -0.15) is 9.97 Å². The van der Waals surface area contributed by atoms with Crippen LogP contribution in [0.25, 0.3) is 44.3 Å². The summed E-state index contributed by atoms with van der Waals surface area (Å²) in [5, 5.41) is 12.2. The van der Waals surface area contributed by atoms with Crippen molar-refractivity contribution in [2.45, 2.75) is 58.7 Å². The first-order valence-electron chi connectivity index (χ1n) is 21.7. The van der Waals surface area contributed by atoms with Crippen LogP contribution in [0.5, 0.6) is 11.5 Å². The molecule has 0 bridgehead atoms. The average molecular weight is 875 g/mol. The zero-order valence-corrected chi connectivity index (χ0v) is 37.3. The van der Waals surface area contributed by atoms with Gasteiger partial charge >= 0.3 is 11.4 Å². The molecule has 2 aromatic heterocycles. The van der Waals surface area contributed by atoms with Crippen LogP contribution in [0.4, 0.5) is 0 Å². The van der Waals surface area contributed by atoms with Crippen LogP contribution in [-0.4, -0.2) is 43.2 Å². The standard InChI is InChI=1S/C28H26N2O3.C28H24N2O3/c2*1-4-16-33-23-14-15-25-24(17-23)27(22-12-10-20(11-13-22)19(2)3)29-28(32)30(25)18-26(31)21-8-6-5-7-9-21/h1,5-15,17,19,26,31H,16,18H2,2-3H3;1,5-15,17,19H,16,18H2,2-3H3. The molecule has 1 unspecified atom stereocenters. The van der Waals surface area contributed by atoms with E-state index in [1.165, 1.54) is 20.3 Å². The van der Waals surface area contributed by atoms with Gasteiger partial charge in [0.05, 0.1) is 41.6 Å². The molecule has 6 aromatic carbocycles. The van der Waals surface area contributed by atoms with Crippen LogP contribution in [0.1, 0.15) is 72.7 Å². The van der Waals surface area contributed by atoms with Crippen molar-refractivity contribution in [2.75, 3.05) is 13.2 Å². The Morgan fingerprint density at radius 2 is 1.03 bits per heavy atom. The third-order valence-corrected chi connectivity index (χ3v) is 11.2. The summed E-state index contributed by atoms with van der Waals surface area (Å²) in [6.07, 6.45) is 9.83. The number of aromatic nitrogens is 4. The summed E-state index contributed by atoms with van der Waals surface area (Å²) in [5.41, 5.74) is 6.83. The first-order chi connectivity index (χ1) is 31.9. The minimum absolute atomic E-state index is 0.0868. The molecule has 0 saturated heterocycles. The Balaban J connectivity index is 0.000000196. The van der Waals surface area contributed by atoms with Gasteiger partial charge in [0, 0.05) is 27.5 Å². The molecule has 0 spiro atoms. The fourth-order valence-corrected chi connectivity index (χ4v) is 7.58. The largest absolute Gasteiger partial charge is 0.481 e. The predicted octanol–water partition coefficient (Wildman–Crippen LogP) is 10.0. The predicted molar refractivity (Wildman–Crippen MR) is 262 cm³/mol. The fraction of sp³-hybridized carbons (Fsp3) is 0.196. The highest BCUT2D eigenvalue weighted by Gasteiger charge is 2.19. The lowest BCUT2D eigenvalue weighted by Crippen LogP contribution is -2.27. The first-order valence-corrected chi connectivity index (χ1v) is 21.7. The van der Waals surface area contributed by atoms with E-state index >= 15 is 0 Å². The van der Waals surface area contributed by atoms with E-state index in [1.54, 1.807) is 42.5 Å². The monoisotopic (exact) mass is 874 g/mol. The number of hydrogen-bond acceptors (Lipinski definition) is 8. The van der Waals surface area contributed by atoms with Gasteiger partial charge in [-0.15, -0.1) is 12.8 Å². The number of ketones is 1. The van der Waals surface area contributed by atoms with Crippen LogP contribution >= 0.6 is 0 Å². The summed E-state index contributed by atoms with van der Waals surface area (Å²) < 4.78 is 14.1. The number of nitrogens with zero attached hydrogens (tertiary/aromatic N) is 4. The molecule has 10 heteroatoms. The van der Waals surface area contributed by atoms with Crippen molar-refractivity contribution < 1.29 is 19.4 Å². The fourth-order valence-electron chi connectivity index (χ4n) is 7.58. The summed E-state index contributed by atoms with van der Waals surface area (Å²) in [6.45, 7) is 8.78. The second kappa shape index (κ2) is 21.1. The van der Waals surface area contributed by atoms with Crippen molar-refractivity contribution in [2.24, 2.45) is 0 Å². The minimum atomic E-state index is -0.845. The Bertz CT molecular complexity index is 3180. The van der Waals surface area contributed by atoms with Crippen molar-refractivity contribution in [3.8, 4) is 58.7 Å². The van der Waals surface area contributed by atoms with Crippen molar-refractivity contribution in [3.63, 3.8) is 0 Å². The zero-order chi connectivity index (χ0) is 46.7. The van der Waals surface area contributed by atoms with Gasteiger partial charge < -0.3 is 14.6 Å². The lowest BCUT2D eigenvalue weighted by molar-refractivity contribution is 0.0972. The van der Waals surface area contributed by atoms with Crippen molar-refractivity contribution in [1.82, 2.24) is 19.1 Å². The molecule has 0 amide bonds. The van der Waals surface area contributed by atoms with Crippen LogP contribution in [0.3, 0.4) is 0 Å². The third kappa shape index (κ3) is 10.6. The van der Waals surface area contributed by atoms with Crippen molar-refractivity contribution in [3.05, 3.63) is 189 Å². The summed E-state index contributed by atoms with van der Waals surface area (Å²) in [6, 6.07) is 45.0.